The lowest BCUT2D eigenvalue weighted by atomic mass is 10.2. The molecule has 7 nitrogen and oxygen atoms in total. The average Bonchev–Trinajstić information content (AvgIpc) is 2.37. The predicted molar refractivity (Wildman–Crippen MR) is 73.5 cm³/mol. The zero-order valence-corrected chi connectivity index (χ0v) is 12.1. The summed E-state index contributed by atoms with van der Waals surface area (Å²) in [5.41, 5.74) is 0.529. The van der Waals surface area contributed by atoms with Crippen molar-refractivity contribution in [2.45, 2.75) is 0 Å². The summed E-state index contributed by atoms with van der Waals surface area (Å²) in [6.07, 6.45) is 1.05. The number of hydrogen-bond acceptors (Lipinski definition) is 5. The number of carbonyl (C=O) groups excluding carboxylic acids is 1. The van der Waals surface area contributed by atoms with Crippen molar-refractivity contribution in [3.63, 3.8) is 0 Å². The van der Waals surface area contributed by atoms with Crippen molar-refractivity contribution in [3.8, 4) is 11.5 Å². The van der Waals surface area contributed by atoms with E-state index >= 15 is 0 Å². The summed E-state index contributed by atoms with van der Waals surface area (Å²) in [5, 5.41) is 2.61. The minimum atomic E-state index is -3.38. The Bertz CT molecular complexity index is 614. The van der Waals surface area contributed by atoms with Gasteiger partial charge in [0.15, 0.2) is 11.5 Å². The van der Waals surface area contributed by atoms with Gasteiger partial charge in [-0.15, -0.1) is 0 Å². The standard InChI is InChI=1S/C12H16N2O5S/c1-14(20(2,16)17)8-12(15)13-9-3-4-10-11(7-9)19-6-5-18-10/h3-4,7H,5-6,8H2,1-2H3,(H,13,15). The van der Waals surface area contributed by atoms with Gasteiger partial charge in [0.1, 0.15) is 13.2 Å². The van der Waals surface area contributed by atoms with Gasteiger partial charge in [0.25, 0.3) is 0 Å². The Morgan fingerprint density at radius 3 is 2.60 bits per heavy atom. The number of hydrogen-bond donors (Lipinski definition) is 1. The van der Waals surface area contributed by atoms with Crippen LogP contribution in [0.1, 0.15) is 0 Å². The second kappa shape index (κ2) is 5.68. The van der Waals surface area contributed by atoms with Crippen molar-refractivity contribution in [2.24, 2.45) is 0 Å². The number of fused-ring (bicyclic) bond motifs is 1. The van der Waals surface area contributed by atoms with Crippen LogP contribution in [-0.2, 0) is 14.8 Å². The fourth-order valence-electron chi connectivity index (χ4n) is 1.64. The van der Waals surface area contributed by atoms with Gasteiger partial charge in [0, 0.05) is 18.8 Å². The van der Waals surface area contributed by atoms with Crippen LogP contribution in [0.4, 0.5) is 5.69 Å². The summed E-state index contributed by atoms with van der Waals surface area (Å²) < 4.78 is 34.2. The molecule has 0 fully saturated rings. The van der Waals surface area contributed by atoms with E-state index in [9.17, 15) is 13.2 Å². The maximum atomic E-state index is 11.7. The summed E-state index contributed by atoms with van der Waals surface area (Å²) in [4.78, 5) is 11.7. The number of anilines is 1. The molecular weight excluding hydrogens is 284 g/mol. The summed E-state index contributed by atoms with van der Waals surface area (Å²) >= 11 is 0. The molecule has 1 N–H and O–H groups in total. The number of benzene rings is 1. The Labute approximate surface area is 117 Å². The van der Waals surface area contributed by atoms with Crippen LogP contribution in [0.2, 0.25) is 0 Å². The summed E-state index contributed by atoms with van der Waals surface area (Å²) in [7, 11) is -2.03. The maximum Gasteiger partial charge on any atom is 0.239 e. The van der Waals surface area contributed by atoms with E-state index in [-0.39, 0.29) is 6.54 Å². The van der Waals surface area contributed by atoms with Crippen LogP contribution in [0, 0.1) is 0 Å². The quantitative estimate of drug-likeness (QED) is 0.864. The zero-order valence-electron chi connectivity index (χ0n) is 11.3. The lowest BCUT2D eigenvalue weighted by molar-refractivity contribution is -0.116. The molecule has 8 heteroatoms. The number of likely N-dealkylation sites (N-methyl/N-ethyl adjacent to an activating group) is 1. The second-order valence-electron chi connectivity index (χ2n) is 4.43. The molecule has 0 saturated carbocycles. The van der Waals surface area contributed by atoms with Gasteiger partial charge in [-0.05, 0) is 12.1 Å². The smallest absolute Gasteiger partial charge is 0.239 e. The van der Waals surface area contributed by atoms with Crippen molar-refractivity contribution >= 4 is 21.6 Å². The molecule has 0 spiro atoms. The molecule has 1 aliphatic rings. The van der Waals surface area contributed by atoms with E-state index in [0.717, 1.165) is 10.6 Å². The van der Waals surface area contributed by atoms with Gasteiger partial charge < -0.3 is 14.8 Å². The molecule has 1 heterocycles. The molecule has 0 aromatic heterocycles. The third-order valence-corrected chi connectivity index (χ3v) is 4.02. The number of carbonyl (C=O) groups is 1. The van der Waals surface area contributed by atoms with Crippen molar-refractivity contribution in [1.29, 1.82) is 0 Å². The zero-order chi connectivity index (χ0) is 14.8. The van der Waals surface area contributed by atoms with Crippen LogP contribution in [0.5, 0.6) is 11.5 Å². The molecule has 0 aliphatic carbocycles. The van der Waals surface area contributed by atoms with E-state index in [2.05, 4.69) is 5.32 Å². The number of rotatable bonds is 4. The van der Waals surface area contributed by atoms with Crippen molar-refractivity contribution in [3.05, 3.63) is 18.2 Å². The lowest BCUT2D eigenvalue weighted by Gasteiger charge is -2.19. The van der Waals surface area contributed by atoms with Gasteiger partial charge >= 0.3 is 0 Å². The van der Waals surface area contributed by atoms with Gasteiger partial charge in [-0.3, -0.25) is 4.79 Å². The lowest BCUT2D eigenvalue weighted by Crippen LogP contribution is -2.34. The topological polar surface area (TPSA) is 84.9 Å². The highest BCUT2D eigenvalue weighted by Crippen LogP contribution is 2.32. The van der Waals surface area contributed by atoms with E-state index in [1.807, 2.05) is 0 Å². The van der Waals surface area contributed by atoms with Crippen LogP contribution in [0.15, 0.2) is 18.2 Å². The summed E-state index contributed by atoms with van der Waals surface area (Å²) in [6.45, 7) is 0.715. The molecule has 1 aliphatic heterocycles. The van der Waals surface area contributed by atoms with Gasteiger partial charge in [-0.25, -0.2) is 8.42 Å². The van der Waals surface area contributed by atoms with Crippen LogP contribution in [-0.4, -0.2) is 51.7 Å². The first kappa shape index (κ1) is 14.6. The number of ether oxygens (including phenoxy) is 2. The van der Waals surface area contributed by atoms with E-state index in [4.69, 9.17) is 9.47 Å². The Morgan fingerprint density at radius 2 is 1.95 bits per heavy atom. The molecule has 1 aromatic carbocycles. The van der Waals surface area contributed by atoms with E-state index in [1.165, 1.54) is 7.05 Å². The first-order valence-corrected chi connectivity index (χ1v) is 7.82. The van der Waals surface area contributed by atoms with E-state index in [1.54, 1.807) is 18.2 Å². The van der Waals surface area contributed by atoms with Crippen LogP contribution >= 0.6 is 0 Å². The normalized spacial score (nSPS) is 14.2. The highest BCUT2D eigenvalue weighted by Gasteiger charge is 2.16. The van der Waals surface area contributed by atoms with Crippen molar-refractivity contribution in [2.75, 3.05) is 38.4 Å². The Balaban J connectivity index is 2.01. The summed E-state index contributed by atoms with van der Waals surface area (Å²) in [5.74, 6) is 0.766. The highest BCUT2D eigenvalue weighted by molar-refractivity contribution is 7.88. The molecule has 0 bridgehead atoms. The van der Waals surface area contributed by atoms with E-state index < -0.39 is 15.9 Å². The third-order valence-electron chi connectivity index (χ3n) is 2.76. The second-order valence-corrected chi connectivity index (χ2v) is 6.52. The number of nitrogens with zero attached hydrogens (tertiary/aromatic N) is 1. The average molecular weight is 300 g/mol. The molecule has 1 aromatic rings. The molecule has 0 radical (unpaired) electrons. The number of sulfonamides is 1. The first-order chi connectivity index (χ1) is 9.36. The molecular formula is C12H16N2O5S. The van der Waals surface area contributed by atoms with Crippen LogP contribution in [0.25, 0.3) is 0 Å². The molecule has 0 saturated heterocycles. The largest absolute Gasteiger partial charge is 0.486 e. The molecule has 20 heavy (non-hydrogen) atoms. The Morgan fingerprint density at radius 1 is 1.30 bits per heavy atom. The van der Waals surface area contributed by atoms with Crippen LogP contribution < -0.4 is 14.8 Å². The molecule has 0 atom stereocenters. The first-order valence-electron chi connectivity index (χ1n) is 5.97. The van der Waals surface area contributed by atoms with Crippen LogP contribution in [0.3, 0.4) is 0 Å². The fourth-order valence-corrected chi connectivity index (χ4v) is 1.99. The molecule has 0 unspecified atom stereocenters. The van der Waals surface area contributed by atoms with Gasteiger partial charge in [0.2, 0.25) is 15.9 Å². The monoisotopic (exact) mass is 300 g/mol. The predicted octanol–water partition coefficient (Wildman–Crippen LogP) is 0.288. The van der Waals surface area contributed by atoms with Gasteiger partial charge in [-0.2, -0.15) is 4.31 Å². The minimum Gasteiger partial charge on any atom is -0.486 e. The molecule has 110 valence electrons. The SMILES string of the molecule is CN(CC(=O)Nc1ccc2c(c1)OCCO2)S(C)(=O)=O. The summed E-state index contributed by atoms with van der Waals surface area (Å²) in [6, 6.07) is 5.02. The van der Waals surface area contributed by atoms with E-state index in [0.29, 0.717) is 30.4 Å². The van der Waals surface area contributed by atoms with Gasteiger partial charge in [0.05, 0.1) is 12.8 Å². The maximum absolute atomic E-state index is 11.7. The highest BCUT2D eigenvalue weighted by atomic mass is 32.2. The fraction of sp³-hybridized carbons (Fsp3) is 0.417. The van der Waals surface area contributed by atoms with Gasteiger partial charge in [-0.1, -0.05) is 0 Å². The number of nitrogens with one attached hydrogen (secondary N) is 1. The Hall–Kier alpha value is -1.80. The molecule has 2 rings (SSSR count). The number of amides is 1. The van der Waals surface area contributed by atoms with Crippen molar-refractivity contribution < 1.29 is 22.7 Å². The third kappa shape index (κ3) is 3.61. The van der Waals surface area contributed by atoms with Crippen molar-refractivity contribution in [1.82, 2.24) is 4.31 Å². The Kier molecular flexibility index (Phi) is 4.15. The molecule has 1 amide bonds. The minimum absolute atomic E-state index is 0.243.